The Hall–Kier alpha value is -3.30. The summed E-state index contributed by atoms with van der Waals surface area (Å²) in [5, 5.41) is 12.5. The van der Waals surface area contributed by atoms with Crippen LogP contribution in [0.4, 0.5) is 27.5 Å². The highest BCUT2D eigenvalue weighted by Crippen LogP contribution is 2.55. The molecule has 9 heteroatoms. The Bertz CT molecular complexity index is 1340. The zero-order valence-electron chi connectivity index (χ0n) is 26.4. The van der Waals surface area contributed by atoms with E-state index in [1.165, 1.54) is 6.42 Å². The fraction of sp³-hybridized carbons (Fsp3) is 0.600. The van der Waals surface area contributed by atoms with Crippen LogP contribution in [0.1, 0.15) is 52.9 Å². The number of amides is 2. The average molecular weight is 602 g/mol. The number of para-hydroxylation sites is 2. The first-order valence-corrected chi connectivity index (χ1v) is 16.7. The Morgan fingerprint density at radius 2 is 1.41 bits per heavy atom. The number of rotatable bonds is 6. The van der Waals surface area contributed by atoms with Crippen molar-refractivity contribution in [1.82, 2.24) is 9.96 Å². The molecule has 9 nitrogen and oxygen atoms in total. The number of anilines is 4. The first kappa shape index (κ1) is 29.4. The summed E-state index contributed by atoms with van der Waals surface area (Å²) in [5.74, 6) is 2.28. The molecule has 0 atom stereocenters. The number of hydrogen-bond donors (Lipinski definition) is 1. The van der Waals surface area contributed by atoms with Gasteiger partial charge in [0.05, 0.1) is 24.0 Å². The first-order valence-electron chi connectivity index (χ1n) is 16.7. The standard InChI is InChI=1S/C35H47N5O4/c1-4-44-33(41)35(2,3)37-15-13-36(14-16-37)28-9-11-29(12-10-28)38-17-18-39(31-8-6-5-7-30(31)38)34(42)40(43)32-26-20-24-19-25(22-26)23-27(32)21-24/h5-12,24-27,32,43H,4,13-23H2,1-3H3. The third-order valence-electron chi connectivity index (χ3n) is 11.3. The maximum Gasteiger partial charge on any atom is 0.348 e. The number of nitrogens with zero attached hydrogens (tertiary/aromatic N) is 5. The molecule has 44 heavy (non-hydrogen) atoms. The van der Waals surface area contributed by atoms with Gasteiger partial charge in [-0.3, -0.25) is 19.8 Å². The van der Waals surface area contributed by atoms with Crippen molar-refractivity contribution < 1.29 is 19.5 Å². The van der Waals surface area contributed by atoms with Crippen LogP contribution in [0.15, 0.2) is 48.5 Å². The maximum atomic E-state index is 13.9. The molecule has 236 valence electrons. The number of benzene rings is 2. The molecule has 6 aliphatic rings. The molecule has 5 fully saturated rings. The van der Waals surface area contributed by atoms with Crippen molar-refractivity contribution in [2.75, 3.05) is 60.6 Å². The van der Waals surface area contributed by atoms with Crippen molar-refractivity contribution in [3.63, 3.8) is 0 Å². The minimum Gasteiger partial charge on any atom is -0.465 e. The second-order valence-electron chi connectivity index (χ2n) is 14.1. The summed E-state index contributed by atoms with van der Waals surface area (Å²) in [5.41, 5.74) is 3.43. The molecule has 4 aliphatic carbocycles. The van der Waals surface area contributed by atoms with Gasteiger partial charge >= 0.3 is 12.0 Å². The minimum absolute atomic E-state index is 0.0499. The zero-order valence-corrected chi connectivity index (χ0v) is 26.4. The molecular weight excluding hydrogens is 554 g/mol. The van der Waals surface area contributed by atoms with E-state index in [0.29, 0.717) is 31.5 Å². The van der Waals surface area contributed by atoms with Crippen LogP contribution in [0.3, 0.4) is 0 Å². The van der Waals surface area contributed by atoms with E-state index in [1.807, 2.05) is 39.0 Å². The Labute approximate surface area is 261 Å². The molecule has 2 amide bonds. The highest BCUT2D eigenvalue weighted by atomic mass is 16.5. The van der Waals surface area contributed by atoms with E-state index in [4.69, 9.17) is 4.74 Å². The summed E-state index contributed by atoms with van der Waals surface area (Å²) in [6.45, 7) is 10.6. The highest BCUT2D eigenvalue weighted by molar-refractivity contribution is 5.97. The number of carbonyl (C=O) groups is 2. The van der Waals surface area contributed by atoms with Gasteiger partial charge in [-0.15, -0.1) is 0 Å². The molecule has 0 spiro atoms. The van der Waals surface area contributed by atoms with Crippen molar-refractivity contribution in [1.29, 1.82) is 0 Å². The van der Waals surface area contributed by atoms with Crippen LogP contribution in [0.5, 0.6) is 0 Å². The van der Waals surface area contributed by atoms with Gasteiger partial charge in [-0.05, 0) is 113 Å². The first-order chi connectivity index (χ1) is 21.2. The molecule has 2 heterocycles. The molecule has 2 aliphatic heterocycles. The zero-order chi connectivity index (χ0) is 30.6. The van der Waals surface area contributed by atoms with Gasteiger partial charge in [-0.2, -0.15) is 0 Å². The molecule has 1 N–H and O–H groups in total. The number of esters is 1. The van der Waals surface area contributed by atoms with Crippen molar-refractivity contribution in [3.05, 3.63) is 48.5 Å². The lowest BCUT2D eigenvalue weighted by atomic mass is 9.54. The van der Waals surface area contributed by atoms with Gasteiger partial charge in [0.1, 0.15) is 5.54 Å². The lowest BCUT2D eigenvalue weighted by molar-refractivity contribution is -0.160. The number of carbonyl (C=O) groups excluding carboxylic acids is 2. The summed E-state index contributed by atoms with van der Waals surface area (Å²) >= 11 is 0. The largest absolute Gasteiger partial charge is 0.465 e. The van der Waals surface area contributed by atoms with Crippen LogP contribution >= 0.6 is 0 Å². The summed E-state index contributed by atoms with van der Waals surface area (Å²) in [6, 6.07) is 16.4. The predicted octanol–water partition coefficient (Wildman–Crippen LogP) is 5.74. The number of piperazine rings is 1. The van der Waals surface area contributed by atoms with E-state index in [1.54, 1.807) is 4.90 Å². The van der Waals surface area contributed by atoms with Crippen molar-refractivity contribution in [2.45, 2.75) is 64.5 Å². The quantitative estimate of drug-likeness (QED) is 0.257. The van der Waals surface area contributed by atoms with E-state index in [2.05, 4.69) is 45.0 Å². The Morgan fingerprint density at radius 3 is 2.02 bits per heavy atom. The van der Waals surface area contributed by atoms with Crippen molar-refractivity contribution in [2.24, 2.45) is 23.7 Å². The summed E-state index contributed by atoms with van der Waals surface area (Å²) in [7, 11) is 0. The maximum absolute atomic E-state index is 13.9. The number of urea groups is 1. The van der Waals surface area contributed by atoms with Gasteiger partial charge in [0.25, 0.3) is 0 Å². The summed E-state index contributed by atoms with van der Waals surface area (Å²) in [4.78, 5) is 35.0. The van der Waals surface area contributed by atoms with Gasteiger partial charge < -0.3 is 14.5 Å². The third kappa shape index (κ3) is 5.11. The van der Waals surface area contributed by atoms with Crippen LogP contribution in [0.2, 0.25) is 0 Å². The van der Waals surface area contributed by atoms with Crippen LogP contribution in [0.25, 0.3) is 0 Å². The summed E-state index contributed by atoms with van der Waals surface area (Å²) in [6.07, 6.45) is 5.97. The third-order valence-corrected chi connectivity index (χ3v) is 11.3. The molecule has 0 aromatic heterocycles. The van der Waals surface area contributed by atoms with Crippen molar-refractivity contribution in [3.8, 4) is 0 Å². The number of hydroxylamine groups is 2. The smallest absolute Gasteiger partial charge is 0.348 e. The molecular formula is C35H47N5O4. The molecule has 0 radical (unpaired) electrons. The normalized spacial score (nSPS) is 28.2. The molecule has 8 rings (SSSR count). The predicted molar refractivity (Wildman–Crippen MR) is 172 cm³/mol. The lowest BCUT2D eigenvalue weighted by Gasteiger charge is -2.56. The van der Waals surface area contributed by atoms with Gasteiger partial charge in [-0.1, -0.05) is 12.1 Å². The molecule has 2 aromatic rings. The number of hydrogen-bond acceptors (Lipinski definition) is 7. The van der Waals surface area contributed by atoms with Gasteiger partial charge in [0.2, 0.25) is 0 Å². The second kappa shape index (κ2) is 11.6. The monoisotopic (exact) mass is 601 g/mol. The molecule has 0 unspecified atom stereocenters. The fourth-order valence-electron chi connectivity index (χ4n) is 9.18. The van der Waals surface area contributed by atoms with Crippen LogP contribution in [0, 0.1) is 23.7 Å². The van der Waals surface area contributed by atoms with Crippen LogP contribution in [-0.2, 0) is 9.53 Å². The van der Waals surface area contributed by atoms with E-state index in [9.17, 15) is 14.8 Å². The van der Waals surface area contributed by atoms with Crippen LogP contribution in [-0.4, -0.2) is 84.6 Å². The van der Waals surface area contributed by atoms with Gasteiger partial charge in [-0.25, -0.2) is 9.86 Å². The number of ether oxygens (including phenoxy) is 1. The fourth-order valence-corrected chi connectivity index (χ4v) is 9.18. The van der Waals surface area contributed by atoms with Crippen molar-refractivity contribution >= 4 is 34.7 Å². The topological polar surface area (TPSA) is 79.8 Å². The average Bonchev–Trinajstić information content (AvgIpc) is 3.03. The van der Waals surface area contributed by atoms with E-state index >= 15 is 0 Å². The molecule has 4 saturated carbocycles. The van der Waals surface area contributed by atoms with E-state index in [-0.39, 0.29) is 18.0 Å². The highest BCUT2D eigenvalue weighted by Gasteiger charge is 2.52. The Morgan fingerprint density at radius 1 is 0.818 bits per heavy atom. The van der Waals surface area contributed by atoms with Gasteiger partial charge in [0.15, 0.2) is 0 Å². The molecule has 1 saturated heterocycles. The van der Waals surface area contributed by atoms with Crippen LogP contribution < -0.4 is 14.7 Å². The molecule has 2 aromatic carbocycles. The SMILES string of the molecule is CCOC(=O)C(C)(C)N1CCN(c2ccc(N3CCN(C(=O)N(O)C4C5CC6CC(C5)CC4C6)c4ccccc43)cc2)CC1. The Kier molecular flexibility index (Phi) is 7.73. The van der Waals surface area contributed by atoms with E-state index in [0.717, 1.165) is 91.5 Å². The number of fused-ring (bicyclic) bond motifs is 1. The Balaban J connectivity index is 1.03. The van der Waals surface area contributed by atoms with E-state index < -0.39 is 5.54 Å². The second-order valence-corrected chi connectivity index (χ2v) is 14.1. The lowest BCUT2D eigenvalue weighted by Crippen LogP contribution is -2.59. The summed E-state index contributed by atoms with van der Waals surface area (Å²) < 4.78 is 5.31. The van der Waals surface area contributed by atoms with Gasteiger partial charge in [0, 0.05) is 50.6 Å². The minimum atomic E-state index is -0.633. The molecule has 4 bridgehead atoms.